The van der Waals surface area contributed by atoms with Crippen molar-refractivity contribution >= 4 is 5.65 Å². The van der Waals surface area contributed by atoms with Crippen molar-refractivity contribution in [2.24, 2.45) is 0 Å². The number of hydrogen-bond acceptors (Lipinski definition) is 2. The zero-order valence-electron chi connectivity index (χ0n) is 12.6. The maximum Gasteiger partial charge on any atom is 0.137 e. The molecule has 0 saturated heterocycles. The van der Waals surface area contributed by atoms with Crippen LogP contribution >= 0.6 is 0 Å². The Hall–Kier alpha value is -2.13. The van der Waals surface area contributed by atoms with E-state index >= 15 is 0 Å². The SMILES string of the molecule is CCc1ccc(CNCc2c(C)nc3ccccn23)cc1. The average Bonchev–Trinajstić information content (AvgIpc) is 2.84. The highest BCUT2D eigenvalue weighted by atomic mass is 15.0. The van der Waals surface area contributed by atoms with Crippen LogP contribution in [-0.2, 0) is 19.5 Å². The van der Waals surface area contributed by atoms with Crippen molar-refractivity contribution in [2.45, 2.75) is 33.4 Å². The first-order valence-corrected chi connectivity index (χ1v) is 7.49. The first-order valence-electron chi connectivity index (χ1n) is 7.49. The maximum absolute atomic E-state index is 4.58. The molecule has 0 radical (unpaired) electrons. The van der Waals surface area contributed by atoms with Crippen molar-refractivity contribution in [2.75, 3.05) is 0 Å². The van der Waals surface area contributed by atoms with Crippen LogP contribution < -0.4 is 5.32 Å². The molecule has 0 bridgehead atoms. The third kappa shape index (κ3) is 2.98. The molecule has 0 unspecified atom stereocenters. The second-order valence-corrected chi connectivity index (χ2v) is 5.35. The summed E-state index contributed by atoms with van der Waals surface area (Å²) in [6, 6.07) is 14.9. The lowest BCUT2D eigenvalue weighted by atomic mass is 10.1. The van der Waals surface area contributed by atoms with Crippen LogP contribution in [0.25, 0.3) is 5.65 Å². The van der Waals surface area contributed by atoms with E-state index in [4.69, 9.17) is 0 Å². The van der Waals surface area contributed by atoms with Crippen LogP contribution in [0, 0.1) is 6.92 Å². The molecule has 1 aromatic carbocycles. The Morgan fingerprint density at radius 3 is 2.52 bits per heavy atom. The Bertz CT molecular complexity index is 726. The molecule has 1 N–H and O–H groups in total. The monoisotopic (exact) mass is 279 g/mol. The minimum atomic E-state index is 0.826. The van der Waals surface area contributed by atoms with Crippen LogP contribution in [0.15, 0.2) is 48.7 Å². The molecule has 0 aliphatic carbocycles. The number of hydrogen-bond donors (Lipinski definition) is 1. The maximum atomic E-state index is 4.58. The van der Waals surface area contributed by atoms with E-state index < -0.39 is 0 Å². The number of nitrogens with zero attached hydrogens (tertiary/aromatic N) is 2. The highest BCUT2D eigenvalue weighted by molar-refractivity contribution is 5.42. The van der Waals surface area contributed by atoms with E-state index in [1.807, 2.05) is 18.2 Å². The highest BCUT2D eigenvalue weighted by Gasteiger charge is 2.07. The summed E-state index contributed by atoms with van der Waals surface area (Å²) in [5.41, 5.74) is 6.04. The molecule has 0 fully saturated rings. The minimum Gasteiger partial charge on any atom is -0.307 e. The fourth-order valence-electron chi connectivity index (χ4n) is 2.60. The second kappa shape index (κ2) is 6.10. The van der Waals surface area contributed by atoms with Gasteiger partial charge in [-0.1, -0.05) is 37.3 Å². The number of aromatic nitrogens is 2. The Morgan fingerprint density at radius 2 is 1.76 bits per heavy atom. The Kier molecular flexibility index (Phi) is 4.02. The molecule has 2 aromatic heterocycles. The van der Waals surface area contributed by atoms with E-state index in [-0.39, 0.29) is 0 Å². The quantitative estimate of drug-likeness (QED) is 0.774. The van der Waals surface area contributed by atoms with Gasteiger partial charge in [0.05, 0.1) is 11.4 Å². The molecule has 2 heterocycles. The van der Waals surface area contributed by atoms with Crippen LogP contribution in [0.4, 0.5) is 0 Å². The molecular weight excluding hydrogens is 258 g/mol. The van der Waals surface area contributed by atoms with Crippen LogP contribution in [0.5, 0.6) is 0 Å². The minimum absolute atomic E-state index is 0.826. The van der Waals surface area contributed by atoms with E-state index in [9.17, 15) is 0 Å². The van der Waals surface area contributed by atoms with Crippen molar-refractivity contribution in [3.63, 3.8) is 0 Å². The molecule has 0 aliphatic heterocycles. The lowest BCUT2D eigenvalue weighted by Crippen LogP contribution is -2.14. The lowest BCUT2D eigenvalue weighted by molar-refractivity contribution is 0.672. The van der Waals surface area contributed by atoms with Crippen molar-refractivity contribution in [3.05, 3.63) is 71.2 Å². The van der Waals surface area contributed by atoms with Gasteiger partial charge in [-0.2, -0.15) is 0 Å². The molecule has 0 amide bonds. The van der Waals surface area contributed by atoms with Crippen molar-refractivity contribution in [1.82, 2.24) is 14.7 Å². The number of imidazole rings is 1. The van der Waals surface area contributed by atoms with Crippen molar-refractivity contribution in [1.29, 1.82) is 0 Å². The summed E-state index contributed by atoms with van der Waals surface area (Å²) in [7, 11) is 0. The molecule has 21 heavy (non-hydrogen) atoms. The molecular formula is C18H21N3. The van der Waals surface area contributed by atoms with Gasteiger partial charge in [0.1, 0.15) is 5.65 Å². The topological polar surface area (TPSA) is 29.3 Å². The Balaban J connectivity index is 1.67. The largest absolute Gasteiger partial charge is 0.307 e. The van der Waals surface area contributed by atoms with Crippen LogP contribution in [0.1, 0.15) is 29.4 Å². The van der Waals surface area contributed by atoms with E-state index in [2.05, 4.69) is 59.0 Å². The zero-order valence-corrected chi connectivity index (χ0v) is 12.6. The summed E-state index contributed by atoms with van der Waals surface area (Å²) in [5.74, 6) is 0. The highest BCUT2D eigenvalue weighted by Crippen LogP contribution is 2.12. The smallest absolute Gasteiger partial charge is 0.137 e. The summed E-state index contributed by atoms with van der Waals surface area (Å²) < 4.78 is 2.16. The standard InChI is InChI=1S/C18H21N3/c1-3-15-7-9-16(10-8-15)12-19-13-17-14(2)20-18-6-4-5-11-21(17)18/h4-11,19H,3,12-13H2,1-2H3. The molecule has 0 aliphatic rings. The summed E-state index contributed by atoms with van der Waals surface area (Å²) in [4.78, 5) is 4.58. The van der Waals surface area contributed by atoms with Gasteiger partial charge in [-0.05, 0) is 36.6 Å². The summed E-state index contributed by atoms with van der Waals surface area (Å²) in [5, 5.41) is 3.51. The fourth-order valence-corrected chi connectivity index (χ4v) is 2.60. The van der Waals surface area contributed by atoms with Gasteiger partial charge in [0.2, 0.25) is 0 Å². The average molecular weight is 279 g/mol. The summed E-state index contributed by atoms with van der Waals surface area (Å²) >= 11 is 0. The van der Waals surface area contributed by atoms with Gasteiger partial charge >= 0.3 is 0 Å². The van der Waals surface area contributed by atoms with Crippen LogP contribution in [0.3, 0.4) is 0 Å². The molecule has 3 nitrogen and oxygen atoms in total. The van der Waals surface area contributed by atoms with Gasteiger partial charge < -0.3 is 9.72 Å². The van der Waals surface area contributed by atoms with E-state index in [1.54, 1.807) is 0 Å². The van der Waals surface area contributed by atoms with Crippen molar-refractivity contribution in [3.8, 4) is 0 Å². The first kappa shape index (κ1) is 13.8. The molecule has 0 spiro atoms. The predicted octanol–water partition coefficient (Wildman–Crippen LogP) is 3.49. The molecule has 0 saturated carbocycles. The fraction of sp³-hybridized carbons (Fsp3) is 0.278. The molecule has 3 aromatic rings. The van der Waals surface area contributed by atoms with Crippen LogP contribution in [-0.4, -0.2) is 9.38 Å². The van der Waals surface area contributed by atoms with Gasteiger partial charge in [-0.25, -0.2) is 4.98 Å². The normalized spacial score (nSPS) is 11.1. The lowest BCUT2D eigenvalue weighted by Gasteiger charge is -2.07. The summed E-state index contributed by atoms with van der Waals surface area (Å²) in [6.07, 6.45) is 3.16. The van der Waals surface area contributed by atoms with E-state index in [0.717, 1.165) is 30.9 Å². The Labute approximate surface area is 125 Å². The van der Waals surface area contributed by atoms with Crippen molar-refractivity contribution < 1.29 is 0 Å². The zero-order chi connectivity index (χ0) is 14.7. The molecule has 108 valence electrons. The number of fused-ring (bicyclic) bond motifs is 1. The number of nitrogens with one attached hydrogen (secondary N) is 1. The summed E-state index contributed by atoms with van der Waals surface area (Å²) in [6.45, 7) is 5.96. The third-order valence-corrected chi connectivity index (χ3v) is 3.88. The third-order valence-electron chi connectivity index (χ3n) is 3.88. The van der Waals surface area contributed by atoms with Crippen LogP contribution in [0.2, 0.25) is 0 Å². The Morgan fingerprint density at radius 1 is 1.00 bits per heavy atom. The van der Waals surface area contributed by atoms with E-state index in [1.165, 1.54) is 16.8 Å². The molecule has 0 atom stereocenters. The van der Waals surface area contributed by atoms with Gasteiger partial charge in [0.25, 0.3) is 0 Å². The first-order chi connectivity index (χ1) is 10.3. The predicted molar refractivity (Wildman–Crippen MR) is 86.3 cm³/mol. The van der Waals surface area contributed by atoms with E-state index in [0.29, 0.717) is 0 Å². The van der Waals surface area contributed by atoms with Gasteiger partial charge in [-0.15, -0.1) is 0 Å². The molecule has 3 rings (SSSR count). The van der Waals surface area contributed by atoms with Gasteiger partial charge in [-0.3, -0.25) is 0 Å². The number of rotatable bonds is 5. The number of aryl methyl sites for hydroxylation is 2. The van der Waals surface area contributed by atoms with Gasteiger partial charge in [0.15, 0.2) is 0 Å². The second-order valence-electron chi connectivity index (χ2n) is 5.35. The van der Waals surface area contributed by atoms with Gasteiger partial charge in [0, 0.05) is 19.3 Å². The number of pyridine rings is 1. The number of benzene rings is 1. The molecule has 3 heteroatoms.